The number of rotatable bonds is 6. The van der Waals surface area contributed by atoms with Crippen molar-refractivity contribution in [1.82, 2.24) is 14.5 Å². The Morgan fingerprint density at radius 3 is 2.50 bits per heavy atom. The van der Waals surface area contributed by atoms with Gasteiger partial charge in [-0.1, -0.05) is 49.4 Å². The number of aryl methyl sites for hydroxylation is 1. The van der Waals surface area contributed by atoms with Gasteiger partial charge in [-0.05, 0) is 37.5 Å². The second kappa shape index (κ2) is 8.71. The first-order chi connectivity index (χ1) is 14.6. The average Bonchev–Trinajstić information content (AvgIpc) is 2.78. The van der Waals surface area contributed by atoms with Crippen LogP contribution in [0, 0.1) is 6.92 Å². The number of para-hydroxylation sites is 2. The van der Waals surface area contributed by atoms with E-state index in [1.54, 1.807) is 11.7 Å². The van der Waals surface area contributed by atoms with E-state index in [0.29, 0.717) is 25.7 Å². The molecule has 0 atom stereocenters. The molecule has 0 aliphatic carbocycles. The summed E-state index contributed by atoms with van der Waals surface area (Å²) in [6, 6.07) is 18.3. The molecule has 2 heterocycles. The molecule has 0 spiro atoms. The number of methoxy groups -OCH3 is 1. The lowest BCUT2D eigenvalue weighted by molar-refractivity contribution is 0.200. The molecule has 6 nitrogen and oxygen atoms in total. The van der Waals surface area contributed by atoms with E-state index in [0.717, 1.165) is 35.7 Å². The number of anilines is 2. The molecule has 2 aromatic carbocycles. The summed E-state index contributed by atoms with van der Waals surface area (Å²) in [4.78, 5) is 22.5. The zero-order valence-electron chi connectivity index (χ0n) is 17.8. The highest BCUT2D eigenvalue weighted by Crippen LogP contribution is 2.34. The van der Waals surface area contributed by atoms with Gasteiger partial charge in [0.25, 0.3) is 5.56 Å². The molecular formula is C24H28N4O2. The Bertz CT molecular complexity index is 1080. The van der Waals surface area contributed by atoms with Crippen LogP contribution in [0.3, 0.4) is 0 Å². The molecule has 156 valence electrons. The fourth-order valence-electron chi connectivity index (χ4n) is 4.04. The fraction of sp³-hybridized carbons (Fsp3) is 0.333. The lowest BCUT2D eigenvalue weighted by Gasteiger charge is -2.38. The first-order valence-electron chi connectivity index (χ1n) is 10.4. The van der Waals surface area contributed by atoms with Crippen molar-refractivity contribution in [3.63, 3.8) is 0 Å². The zero-order valence-corrected chi connectivity index (χ0v) is 17.8. The van der Waals surface area contributed by atoms with Crippen molar-refractivity contribution in [2.24, 2.45) is 0 Å². The third kappa shape index (κ3) is 3.83. The summed E-state index contributed by atoms with van der Waals surface area (Å²) in [6.07, 6.45) is 1.60. The van der Waals surface area contributed by atoms with E-state index in [1.807, 2.05) is 44.2 Å². The summed E-state index contributed by atoms with van der Waals surface area (Å²) >= 11 is 0. The van der Waals surface area contributed by atoms with Crippen molar-refractivity contribution in [3.8, 4) is 5.75 Å². The van der Waals surface area contributed by atoms with Gasteiger partial charge in [0.2, 0.25) is 5.95 Å². The second-order valence-electron chi connectivity index (χ2n) is 7.58. The highest BCUT2D eigenvalue weighted by molar-refractivity contribution is 5.66. The van der Waals surface area contributed by atoms with Crippen LogP contribution in [0.4, 0.5) is 11.6 Å². The molecule has 30 heavy (non-hydrogen) atoms. The lowest BCUT2D eigenvalue weighted by Crippen LogP contribution is -2.48. The molecule has 4 rings (SSSR count). The third-order valence-corrected chi connectivity index (χ3v) is 5.66. The van der Waals surface area contributed by atoms with Crippen LogP contribution in [0.1, 0.15) is 23.7 Å². The minimum absolute atomic E-state index is 0.0457. The smallest absolute Gasteiger partial charge is 0.259 e. The van der Waals surface area contributed by atoms with Crippen LogP contribution in [0.2, 0.25) is 0 Å². The Labute approximate surface area is 177 Å². The van der Waals surface area contributed by atoms with Gasteiger partial charge in [0.15, 0.2) is 0 Å². The third-order valence-electron chi connectivity index (χ3n) is 5.66. The maximum absolute atomic E-state index is 13.3. The average molecular weight is 405 g/mol. The summed E-state index contributed by atoms with van der Waals surface area (Å²) in [6.45, 7) is 5.95. The van der Waals surface area contributed by atoms with Crippen molar-refractivity contribution in [1.29, 1.82) is 0 Å². The first-order valence-corrected chi connectivity index (χ1v) is 10.4. The summed E-state index contributed by atoms with van der Waals surface area (Å²) in [5.41, 5.74) is 3.82. The predicted octanol–water partition coefficient (Wildman–Crippen LogP) is 3.73. The molecule has 0 unspecified atom stereocenters. The topological polar surface area (TPSA) is 50.6 Å². The van der Waals surface area contributed by atoms with Crippen LogP contribution in [0.25, 0.3) is 0 Å². The van der Waals surface area contributed by atoms with Crippen LogP contribution < -0.4 is 15.2 Å². The van der Waals surface area contributed by atoms with E-state index in [2.05, 4.69) is 34.1 Å². The number of fused-ring (bicyclic) bond motifs is 1. The molecule has 1 aromatic heterocycles. The van der Waals surface area contributed by atoms with E-state index < -0.39 is 0 Å². The van der Waals surface area contributed by atoms with Gasteiger partial charge in [-0.25, -0.2) is 4.98 Å². The van der Waals surface area contributed by atoms with Crippen molar-refractivity contribution in [2.75, 3.05) is 25.2 Å². The molecule has 1 aliphatic heterocycles. The molecule has 3 aromatic rings. The van der Waals surface area contributed by atoms with Gasteiger partial charge >= 0.3 is 0 Å². The van der Waals surface area contributed by atoms with Crippen molar-refractivity contribution >= 4 is 11.6 Å². The fourth-order valence-corrected chi connectivity index (χ4v) is 4.04. The Kier molecular flexibility index (Phi) is 5.86. The molecule has 6 heteroatoms. The molecule has 0 saturated carbocycles. The maximum atomic E-state index is 13.3. The Morgan fingerprint density at radius 1 is 1.03 bits per heavy atom. The molecule has 1 aliphatic rings. The molecule has 0 fully saturated rings. The van der Waals surface area contributed by atoms with Gasteiger partial charge < -0.3 is 4.74 Å². The van der Waals surface area contributed by atoms with Gasteiger partial charge in [0.05, 0.1) is 26.1 Å². The van der Waals surface area contributed by atoms with Gasteiger partial charge in [0, 0.05) is 17.8 Å². The highest BCUT2D eigenvalue weighted by atomic mass is 16.5. The number of nitrogens with zero attached hydrogens (tertiary/aromatic N) is 4. The molecule has 0 bridgehead atoms. The number of aromatic nitrogens is 2. The number of hydrogen-bond acceptors (Lipinski definition) is 5. The van der Waals surface area contributed by atoms with E-state index in [9.17, 15) is 4.79 Å². The maximum Gasteiger partial charge on any atom is 0.259 e. The van der Waals surface area contributed by atoms with Crippen molar-refractivity contribution < 1.29 is 4.74 Å². The van der Waals surface area contributed by atoms with Gasteiger partial charge in [-0.15, -0.1) is 0 Å². The van der Waals surface area contributed by atoms with E-state index >= 15 is 0 Å². The van der Waals surface area contributed by atoms with Crippen LogP contribution in [-0.2, 0) is 19.5 Å². The van der Waals surface area contributed by atoms with E-state index in [4.69, 9.17) is 9.72 Å². The SMILES string of the molecule is CCc1c(C)nc2n(c1=O)CN(CCc1ccccc1)CN2c1ccccc1OC. The molecular weight excluding hydrogens is 376 g/mol. The number of hydrogen-bond donors (Lipinski definition) is 0. The zero-order chi connectivity index (χ0) is 21.1. The van der Waals surface area contributed by atoms with Crippen molar-refractivity contribution in [3.05, 3.63) is 81.8 Å². The summed E-state index contributed by atoms with van der Waals surface area (Å²) in [5.74, 6) is 1.44. The first kappa shape index (κ1) is 20.2. The standard InChI is InChI=1S/C24H28N4O2/c1-4-20-18(2)25-24-27(21-12-8-9-13-22(21)30-3)16-26(17-28(24)23(20)29)15-14-19-10-6-5-7-11-19/h5-13H,4,14-17H2,1-3H3. The van der Waals surface area contributed by atoms with Crippen LogP contribution in [0.15, 0.2) is 59.4 Å². The minimum atomic E-state index is 0.0457. The Balaban J connectivity index is 1.74. The summed E-state index contributed by atoms with van der Waals surface area (Å²) in [5, 5.41) is 0. The van der Waals surface area contributed by atoms with Gasteiger partial charge in [-0.3, -0.25) is 19.2 Å². The van der Waals surface area contributed by atoms with Crippen LogP contribution in [0.5, 0.6) is 5.75 Å². The normalized spacial score (nSPS) is 13.9. The van der Waals surface area contributed by atoms with Gasteiger partial charge in [0.1, 0.15) is 5.75 Å². The second-order valence-corrected chi connectivity index (χ2v) is 7.58. The van der Waals surface area contributed by atoms with Crippen LogP contribution in [-0.4, -0.2) is 34.8 Å². The Morgan fingerprint density at radius 2 is 1.77 bits per heavy atom. The Hall–Kier alpha value is -3.12. The molecule has 0 amide bonds. The molecule has 0 N–H and O–H groups in total. The van der Waals surface area contributed by atoms with E-state index in [-0.39, 0.29) is 5.56 Å². The highest BCUT2D eigenvalue weighted by Gasteiger charge is 2.28. The molecule has 0 radical (unpaired) electrons. The largest absolute Gasteiger partial charge is 0.495 e. The quantitative estimate of drug-likeness (QED) is 0.627. The van der Waals surface area contributed by atoms with Gasteiger partial charge in [-0.2, -0.15) is 0 Å². The van der Waals surface area contributed by atoms with Crippen LogP contribution >= 0.6 is 0 Å². The van der Waals surface area contributed by atoms with Crippen molar-refractivity contribution in [2.45, 2.75) is 33.4 Å². The lowest BCUT2D eigenvalue weighted by atomic mass is 10.1. The predicted molar refractivity (Wildman–Crippen MR) is 119 cm³/mol. The number of benzene rings is 2. The summed E-state index contributed by atoms with van der Waals surface area (Å²) in [7, 11) is 1.67. The molecule has 0 saturated heterocycles. The minimum Gasteiger partial charge on any atom is -0.495 e. The summed E-state index contributed by atoms with van der Waals surface area (Å²) < 4.78 is 7.41. The monoisotopic (exact) mass is 404 g/mol. The van der Waals surface area contributed by atoms with E-state index in [1.165, 1.54) is 5.56 Å². The number of ether oxygens (including phenoxy) is 1.